The summed E-state index contributed by atoms with van der Waals surface area (Å²) in [6.45, 7) is 7.30. The van der Waals surface area contributed by atoms with Crippen molar-refractivity contribution in [3.8, 4) is 0 Å². The first kappa shape index (κ1) is 16.5. The minimum Gasteiger partial charge on any atom is -0.480 e. The number of hydrogen-bond donors (Lipinski definition) is 1. The third-order valence-electron chi connectivity index (χ3n) is 2.67. The van der Waals surface area contributed by atoms with Crippen molar-refractivity contribution in [2.24, 2.45) is 0 Å². The molecule has 0 aliphatic rings. The molecule has 20 heavy (non-hydrogen) atoms. The van der Waals surface area contributed by atoms with E-state index in [1.54, 1.807) is 20.2 Å². The zero-order valence-electron chi connectivity index (χ0n) is 12.1. The number of nitrogens with zero attached hydrogens (tertiary/aromatic N) is 4. The van der Waals surface area contributed by atoms with E-state index in [4.69, 9.17) is 5.11 Å². The summed E-state index contributed by atoms with van der Waals surface area (Å²) in [7, 11) is 0. The van der Waals surface area contributed by atoms with Crippen molar-refractivity contribution >= 4 is 23.6 Å². The average Bonchev–Trinajstić information content (AvgIpc) is 2.80. The molecule has 0 aromatic carbocycles. The van der Waals surface area contributed by atoms with Crippen LogP contribution in [0.1, 0.15) is 33.7 Å². The fourth-order valence-electron chi connectivity index (χ4n) is 1.60. The van der Waals surface area contributed by atoms with Gasteiger partial charge in [-0.25, -0.2) is 0 Å². The van der Waals surface area contributed by atoms with Crippen LogP contribution in [0.5, 0.6) is 0 Å². The number of carbonyl (C=O) groups is 2. The van der Waals surface area contributed by atoms with E-state index in [-0.39, 0.29) is 30.3 Å². The van der Waals surface area contributed by atoms with Gasteiger partial charge in [-0.1, -0.05) is 11.8 Å². The normalized spacial score (nSPS) is 11.1. The van der Waals surface area contributed by atoms with Crippen LogP contribution in [0.3, 0.4) is 0 Å². The second-order valence-electron chi connectivity index (χ2n) is 4.91. The van der Waals surface area contributed by atoms with Crippen LogP contribution in [0.2, 0.25) is 0 Å². The molecule has 1 aromatic heterocycles. The Morgan fingerprint density at radius 3 is 2.55 bits per heavy atom. The van der Waals surface area contributed by atoms with E-state index in [1.165, 1.54) is 16.7 Å². The van der Waals surface area contributed by atoms with E-state index < -0.39 is 5.97 Å². The minimum atomic E-state index is -1.01. The van der Waals surface area contributed by atoms with Crippen LogP contribution in [0.15, 0.2) is 11.5 Å². The van der Waals surface area contributed by atoms with Crippen molar-refractivity contribution < 1.29 is 14.7 Å². The molecule has 1 heterocycles. The molecule has 0 aliphatic carbocycles. The lowest BCUT2D eigenvalue weighted by Gasteiger charge is -2.24. The van der Waals surface area contributed by atoms with E-state index >= 15 is 0 Å². The first-order valence-electron chi connectivity index (χ1n) is 6.36. The Kier molecular flexibility index (Phi) is 6.00. The van der Waals surface area contributed by atoms with Crippen molar-refractivity contribution in [2.45, 2.75) is 44.9 Å². The smallest absolute Gasteiger partial charge is 0.323 e. The van der Waals surface area contributed by atoms with E-state index in [2.05, 4.69) is 10.2 Å². The Bertz CT molecular complexity index is 473. The van der Waals surface area contributed by atoms with Crippen LogP contribution in [0.25, 0.3) is 0 Å². The van der Waals surface area contributed by atoms with Crippen LogP contribution >= 0.6 is 11.8 Å². The van der Waals surface area contributed by atoms with Crippen LogP contribution in [-0.2, 0) is 9.59 Å². The predicted octanol–water partition coefficient (Wildman–Crippen LogP) is 1.27. The van der Waals surface area contributed by atoms with Gasteiger partial charge in [-0.3, -0.25) is 9.59 Å². The van der Waals surface area contributed by atoms with Crippen molar-refractivity contribution in [1.82, 2.24) is 19.7 Å². The Morgan fingerprint density at radius 2 is 2.05 bits per heavy atom. The topological polar surface area (TPSA) is 88.3 Å². The zero-order valence-corrected chi connectivity index (χ0v) is 12.9. The number of thioether (sulfide) groups is 1. The monoisotopic (exact) mass is 300 g/mol. The fourth-order valence-corrected chi connectivity index (χ4v) is 2.53. The molecule has 0 saturated heterocycles. The van der Waals surface area contributed by atoms with Crippen molar-refractivity contribution in [3.63, 3.8) is 0 Å². The van der Waals surface area contributed by atoms with Crippen LogP contribution in [0, 0.1) is 0 Å². The largest absolute Gasteiger partial charge is 0.480 e. The van der Waals surface area contributed by atoms with Gasteiger partial charge >= 0.3 is 5.97 Å². The van der Waals surface area contributed by atoms with Crippen molar-refractivity contribution in [1.29, 1.82) is 0 Å². The van der Waals surface area contributed by atoms with Gasteiger partial charge in [0.1, 0.15) is 12.9 Å². The highest BCUT2D eigenvalue weighted by Gasteiger charge is 2.20. The second kappa shape index (κ2) is 7.28. The van der Waals surface area contributed by atoms with Gasteiger partial charge in [0.05, 0.1) is 5.75 Å². The van der Waals surface area contributed by atoms with Gasteiger partial charge in [0.15, 0.2) is 5.16 Å². The molecule has 0 unspecified atom stereocenters. The summed E-state index contributed by atoms with van der Waals surface area (Å²) in [6, 6.07) is 0.0602. The summed E-state index contributed by atoms with van der Waals surface area (Å²) < 4.78 is 1.87. The van der Waals surface area contributed by atoms with Gasteiger partial charge in [-0.15, -0.1) is 10.2 Å². The molecule has 0 spiro atoms. The van der Waals surface area contributed by atoms with Gasteiger partial charge in [0.2, 0.25) is 5.91 Å². The highest BCUT2D eigenvalue weighted by Crippen LogP contribution is 2.19. The molecular formula is C12H20N4O3S. The molecule has 0 aliphatic heterocycles. The Morgan fingerprint density at radius 1 is 1.40 bits per heavy atom. The molecule has 0 saturated carbocycles. The molecule has 8 heteroatoms. The molecular weight excluding hydrogens is 280 g/mol. The lowest BCUT2D eigenvalue weighted by Crippen LogP contribution is -2.41. The standard InChI is InChI=1S/C12H20N4O3S/c1-8(2)15(5-11(18)19)10(17)6-20-12-14-13-7-16(12)9(3)4/h7-9H,5-6H2,1-4H3,(H,18,19). The summed E-state index contributed by atoms with van der Waals surface area (Å²) in [5.41, 5.74) is 0. The van der Waals surface area contributed by atoms with Crippen LogP contribution < -0.4 is 0 Å². The Labute approximate surface area is 122 Å². The summed E-state index contributed by atoms with van der Waals surface area (Å²) in [4.78, 5) is 24.2. The first-order valence-corrected chi connectivity index (χ1v) is 7.35. The number of aromatic nitrogens is 3. The van der Waals surface area contributed by atoms with Gasteiger partial charge in [0.25, 0.3) is 0 Å². The molecule has 1 aromatic rings. The van der Waals surface area contributed by atoms with E-state index in [0.29, 0.717) is 5.16 Å². The number of aliphatic carboxylic acids is 1. The van der Waals surface area contributed by atoms with Crippen LogP contribution in [-0.4, -0.2) is 55.0 Å². The average molecular weight is 300 g/mol. The maximum atomic E-state index is 12.1. The molecule has 0 fully saturated rings. The number of carboxylic acid groups (broad SMARTS) is 1. The fraction of sp³-hybridized carbons (Fsp3) is 0.667. The maximum Gasteiger partial charge on any atom is 0.323 e. The Hall–Kier alpha value is -1.57. The lowest BCUT2D eigenvalue weighted by molar-refractivity contribution is -0.144. The summed E-state index contributed by atoms with van der Waals surface area (Å²) in [6.07, 6.45) is 1.62. The number of hydrogen-bond acceptors (Lipinski definition) is 5. The molecule has 112 valence electrons. The molecule has 7 nitrogen and oxygen atoms in total. The number of carboxylic acids is 1. The molecule has 0 bridgehead atoms. The van der Waals surface area contributed by atoms with E-state index in [9.17, 15) is 9.59 Å². The maximum absolute atomic E-state index is 12.1. The second-order valence-corrected chi connectivity index (χ2v) is 5.85. The molecule has 1 amide bonds. The third kappa shape index (κ3) is 4.52. The molecule has 0 radical (unpaired) electrons. The third-order valence-corrected chi connectivity index (χ3v) is 3.61. The van der Waals surface area contributed by atoms with E-state index in [1.807, 2.05) is 18.4 Å². The molecule has 1 N–H and O–H groups in total. The predicted molar refractivity (Wildman–Crippen MR) is 75.6 cm³/mol. The quantitative estimate of drug-likeness (QED) is 0.763. The van der Waals surface area contributed by atoms with Gasteiger partial charge in [-0.2, -0.15) is 0 Å². The minimum absolute atomic E-state index is 0.150. The van der Waals surface area contributed by atoms with E-state index in [0.717, 1.165) is 0 Å². The SMILES string of the molecule is CC(C)N(CC(=O)O)C(=O)CSc1nncn1C(C)C. The summed E-state index contributed by atoms with van der Waals surface area (Å²) >= 11 is 1.27. The highest BCUT2D eigenvalue weighted by atomic mass is 32.2. The Balaban J connectivity index is 2.65. The number of rotatable bonds is 7. The van der Waals surface area contributed by atoms with Crippen molar-refractivity contribution in [2.75, 3.05) is 12.3 Å². The highest BCUT2D eigenvalue weighted by molar-refractivity contribution is 7.99. The first-order chi connectivity index (χ1) is 9.32. The zero-order chi connectivity index (χ0) is 15.3. The molecule has 0 atom stereocenters. The lowest BCUT2D eigenvalue weighted by atomic mass is 10.3. The van der Waals surface area contributed by atoms with Crippen molar-refractivity contribution in [3.05, 3.63) is 6.33 Å². The number of amides is 1. The number of carbonyl (C=O) groups excluding carboxylic acids is 1. The summed E-state index contributed by atoms with van der Waals surface area (Å²) in [5, 5.41) is 17.3. The molecule has 1 rings (SSSR count). The van der Waals surface area contributed by atoms with Gasteiger partial charge in [0, 0.05) is 12.1 Å². The summed E-state index contributed by atoms with van der Waals surface area (Å²) in [5.74, 6) is -1.08. The van der Waals surface area contributed by atoms with Gasteiger partial charge < -0.3 is 14.6 Å². The van der Waals surface area contributed by atoms with Crippen LogP contribution in [0.4, 0.5) is 0 Å². The van der Waals surface area contributed by atoms with Gasteiger partial charge in [-0.05, 0) is 27.7 Å².